The van der Waals surface area contributed by atoms with Crippen LogP contribution in [0.3, 0.4) is 0 Å². The summed E-state index contributed by atoms with van der Waals surface area (Å²) in [6.45, 7) is 8.16. The van der Waals surface area contributed by atoms with Crippen LogP contribution in [0.5, 0.6) is 0 Å². The third-order valence-electron chi connectivity index (χ3n) is 5.70. The maximum absolute atomic E-state index is 14.0. The summed E-state index contributed by atoms with van der Waals surface area (Å²) in [5.74, 6) is -0.537. The van der Waals surface area contributed by atoms with Crippen LogP contribution in [0.15, 0.2) is 48.5 Å². The van der Waals surface area contributed by atoms with Crippen LogP contribution >= 0.6 is 0 Å². The van der Waals surface area contributed by atoms with Crippen molar-refractivity contribution in [1.29, 1.82) is 0 Å². The lowest BCUT2D eigenvalue weighted by atomic mass is 9.87. The molecule has 1 aliphatic rings. The fourth-order valence-corrected chi connectivity index (χ4v) is 5.21. The minimum Gasteiger partial charge on any atom is -0.367 e. The number of hydrogen-bond donors (Lipinski definition) is 1. The number of nitrogens with one attached hydrogen (secondary N) is 1. The Bertz CT molecular complexity index is 1030. The van der Waals surface area contributed by atoms with Gasteiger partial charge in [0.15, 0.2) is 0 Å². The highest BCUT2D eigenvalue weighted by Gasteiger charge is 2.27. The highest BCUT2D eigenvalue weighted by Crippen LogP contribution is 2.22. The van der Waals surface area contributed by atoms with Gasteiger partial charge < -0.3 is 10.2 Å². The number of anilines is 1. The molecule has 6 nitrogen and oxygen atoms in total. The first-order valence-electron chi connectivity index (χ1n) is 10.9. The Balaban J connectivity index is 1.44. The summed E-state index contributed by atoms with van der Waals surface area (Å²) in [4.78, 5) is 14.2. The van der Waals surface area contributed by atoms with E-state index >= 15 is 0 Å². The normalized spacial score (nSPS) is 15.6. The van der Waals surface area contributed by atoms with Crippen LogP contribution in [0, 0.1) is 5.82 Å². The molecule has 174 valence electrons. The third kappa shape index (κ3) is 6.07. The van der Waals surface area contributed by atoms with E-state index in [-0.39, 0.29) is 29.4 Å². The Kier molecular flexibility index (Phi) is 7.56. The molecule has 2 aromatic carbocycles. The lowest BCUT2D eigenvalue weighted by Crippen LogP contribution is -2.49. The van der Waals surface area contributed by atoms with Gasteiger partial charge in [-0.15, -0.1) is 0 Å². The molecule has 0 atom stereocenters. The highest BCUT2D eigenvalue weighted by molar-refractivity contribution is 7.89. The third-order valence-corrected chi connectivity index (χ3v) is 7.66. The standard InChI is InChI=1S/C24H32FN3O3S/c1-24(2,3)20-11-9-19(10-12-20)23(29)26-13-6-18-32(30,31)28-16-14-27(15-17-28)22-8-5-4-7-21(22)25/h4-5,7-12H,6,13-18H2,1-3H3,(H,26,29). The first-order valence-corrected chi connectivity index (χ1v) is 12.5. The molecule has 0 saturated carbocycles. The van der Waals surface area contributed by atoms with Gasteiger partial charge in [0, 0.05) is 38.3 Å². The summed E-state index contributed by atoms with van der Waals surface area (Å²) in [5, 5.41) is 2.80. The zero-order chi connectivity index (χ0) is 23.4. The Morgan fingerprint density at radius 2 is 1.62 bits per heavy atom. The van der Waals surface area contributed by atoms with Crippen molar-refractivity contribution in [3.8, 4) is 0 Å². The molecular formula is C24H32FN3O3S. The van der Waals surface area contributed by atoms with Gasteiger partial charge in [0.2, 0.25) is 10.0 Å². The van der Waals surface area contributed by atoms with Crippen LogP contribution in [-0.2, 0) is 15.4 Å². The van der Waals surface area contributed by atoms with Gasteiger partial charge in [0.1, 0.15) is 5.82 Å². The van der Waals surface area contributed by atoms with E-state index in [4.69, 9.17) is 0 Å². The molecule has 32 heavy (non-hydrogen) atoms. The second-order valence-corrected chi connectivity index (χ2v) is 11.2. The van der Waals surface area contributed by atoms with Gasteiger partial charge in [-0.25, -0.2) is 12.8 Å². The monoisotopic (exact) mass is 461 g/mol. The minimum atomic E-state index is -3.42. The summed E-state index contributed by atoms with van der Waals surface area (Å²) in [7, 11) is -3.42. The number of piperazine rings is 1. The smallest absolute Gasteiger partial charge is 0.251 e. The number of halogens is 1. The van der Waals surface area contributed by atoms with E-state index in [0.29, 0.717) is 43.9 Å². The summed E-state index contributed by atoms with van der Waals surface area (Å²) in [5.41, 5.74) is 2.23. The number of rotatable bonds is 7. The van der Waals surface area contributed by atoms with Crippen molar-refractivity contribution in [3.05, 3.63) is 65.5 Å². The van der Waals surface area contributed by atoms with Gasteiger partial charge in [0.05, 0.1) is 11.4 Å². The molecule has 1 fully saturated rings. The molecule has 0 bridgehead atoms. The molecule has 0 aromatic heterocycles. The van der Waals surface area contributed by atoms with E-state index in [9.17, 15) is 17.6 Å². The lowest BCUT2D eigenvalue weighted by Gasteiger charge is -2.35. The maximum atomic E-state index is 14.0. The molecule has 2 aromatic rings. The first-order chi connectivity index (χ1) is 15.1. The fraction of sp³-hybridized carbons (Fsp3) is 0.458. The predicted octanol–water partition coefficient (Wildman–Crippen LogP) is 3.40. The van der Waals surface area contributed by atoms with Gasteiger partial charge >= 0.3 is 0 Å². The van der Waals surface area contributed by atoms with Crippen molar-refractivity contribution < 1.29 is 17.6 Å². The largest absolute Gasteiger partial charge is 0.367 e. The van der Waals surface area contributed by atoms with Gasteiger partial charge in [-0.2, -0.15) is 4.31 Å². The van der Waals surface area contributed by atoms with Gasteiger partial charge in [0.25, 0.3) is 5.91 Å². The SMILES string of the molecule is CC(C)(C)c1ccc(C(=O)NCCCS(=O)(=O)N2CCN(c3ccccc3F)CC2)cc1. The molecule has 1 heterocycles. The van der Waals surface area contributed by atoms with Crippen LogP contribution in [0.1, 0.15) is 43.1 Å². The summed E-state index contributed by atoms with van der Waals surface area (Å²) >= 11 is 0. The molecule has 1 N–H and O–H groups in total. The topological polar surface area (TPSA) is 69.7 Å². The van der Waals surface area contributed by atoms with Crippen molar-refractivity contribution in [2.75, 3.05) is 43.4 Å². The lowest BCUT2D eigenvalue weighted by molar-refractivity contribution is 0.0953. The van der Waals surface area contributed by atoms with Gasteiger partial charge in [-0.3, -0.25) is 4.79 Å². The second-order valence-electron chi connectivity index (χ2n) is 9.09. The molecule has 0 radical (unpaired) electrons. The number of amides is 1. The average molecular weight is 462 g/mol. The van der Waals surface area contributed by atoms with E-state index in [1.807, 2.05) is 17.0 Å². The van der Waals surface area contributed by atoms with Gasteiger partial charge in [-0.05, 0) is 41.7 Å². The van der Waals surface area contributed by atoms with Crippen LogP contribution in [0.25, 0.3) is 0 Å². The number of benzene rings is 2. The number of carbonyl (C=O) groups is 1. The molecule has 0 unspecified atom stereocenters. The van der Waals surface area contributed by atoms with Crippen molar-refractivity contribution in [3.63, 3.8) is 0 Å². The fourth-order valence-electron chi connectivity index (χ4n) is 3.72. The zero-order valence-corrected chi connectivity index (χ0v) is 19.8. The first kappa shape index (κ1) is 24.2. The van der Waals surface area contributed by atoms with Crippen molar-refractivity contribution in [1.82, 2.24) is 9.62 Å². The van der Waals surface area contributed by atoms with E-state index in [1.165, 1.54) is 10.4 Å². The van der Waals surface area contributed by atoms with E-state index in [2.05, 4.69) is 26.1 Å². The summed E-state index contributed by atoms with van der Waals surface area (Å²) in [6.07, 6.45) is 0.335. The maximum Gasteiger partial charge on any atom is 0.251 e. The molecule has 0 spiro atoms. The minimum absolute atomic E-state index is 0.0180. The molecule has 0 aliphatic carbocycles. The Morgan fingerprint density at radius 3 is 2.22 bits per heavy atom. The Hall–Kier alpha value is -2.45. The van der Waals surface area contributed by atoms with Crippen molar-refractivity contribution in [2.45, 2.75) is 32.6 Å². The molecule has 1 amide bonds. The quantitative estimate of drug-likeness (QED) is 0.642. The molecular weight excluding hydrogens is 429 g/mol. The average Bonchev–Trinajstić information content (AvgIpc) is 2.76. The number of sulfonamides is 1. The van der Waals surface area contributed by atoms with Crippen LogP contribution in [-0.4, -0.2) is 57.1 Å². The summed E-state index contributed by atoms with van der Waals surface area (Å²) in [6, 6.07) is 14.0. The van der Waals surface area contributed by atoms with E-state index in [1.54, 1.807) is 30.3 Å². The number of para-hydroxylation sites is 1. The second kappa shape index (κ2) is 10.0. The number of hydrogen-bond acceptors (Lipinski definition) is 4. The molecule has 1 saturated heterocycles. The van der Waals surface area contributed by atoms with E-state index < -0.39 is 10.0 Å². The van der Waals surface area contributed by atoms with Crippen LogP contribution in [0.4, 0.5) is 10.1 Å². The molecule has 3 rings (SSSR count). The highest BCUT2D eigenvalue weighted by atomic mass is 32.2. The summed E-state index contributed by atoms with van der Waals surface area (Å²) < 4.78 is 40.7. The van der Waals surface area contributed by atoms with Crippen LogP contribution in [0.2, 0.25) is 0 Å². The molecule has 1 aliphatic heterocycles. The Morgan fingerprint density at radius 1 is 1.00 bits per heavy atom. The Labute approximate surface area is 190 Å². The number of nitrogens with zero attached hydrogens (tertiary/aromatic N) is 2. The predicted molar refractivity (Wildman–Crippen MR) is 126 cm³/mol. The van der Waals surface area contributed by atoms with Crippen molar-refractivity contribution >= 4 is 21.6 Å². The number of carbonyl (C=O) groups excluding carboxylic acids is 1. The zero-order valence-electron chi connectivity index (χ0n) is 19.0. The molecule has 8 heteroatoms. The van der Waals surface area contributed by atoms with Crippen LogP contribution < -0.4 is 10.2 Å². The van der Waals surface area contributed by atoms with Gasteiger partial charge in [-0.1, -0.05) is 45.0 Å². The van der Waals surface area contributed by atoms with Crippen molar-refractivity contribution in [2.24, 2.45) is 0 Å². The van der Waals surface area contributed by atoms with E-state index in [0.717, 1.165) is 5.56 Å².